The van der Waals surface area contributed by atoms with E-state index in [2.05, 4.69) is 13.8 Å². The second-order valence-electron chi connectivity index (χ2n) is 3.85. The lowest BCUT2D eigenvalue weighted by Gasteiger charge is -2.24. The SMILES string of the molecule is CCN(CC)C(=O)C1(C)C(C)=C1C. The predicted molar refractivity (Wildman–Crippen MR) is 54.4 cm³/mol. The van der Waals surface area contributed by atoms with Gasteiger partial charge in [-0.1, -0.05) is 11.1 Å². The molecular weight excluding hydrogens is 162 g/mol. The molecule has 0 bridgehead atoms. The molecule has 0 saturated heterocycles. The molecule has 1 aliphatic rings. The van der Waals surface area contributed by atoms with Crippen LogP contribution in [0.3, 0.4) is 0 Å². The number of nitrogens with zero attached hydrogens (tertiary/aromatic N) is 1. The minimum absolute atomic E-state index is 0.230. The lowest BCUT2D eigenvalue weighted by Crippen LogP contribution is -2.37. The molecule has 0 spiro atoms. The summed E-state index contributed by atoms with van der Waals surface area (Å²) in [7, 11) is 0. The molecule has 0 fully saturated rings. The minimum Gasteiger partial charge on any atom is -0.342 e. The van der Waals surface area contributed by atoms with E-state index in [9.17, 15) is 4.79 Å². The Balaban J connectivity index is 2.71. The van der Waals surface area contributed by atoms with E-state index in [-0.39, 0.29) is 11.3 Å². The molecule has 1 rings (SSSR count). The number of hydrogen-bond acceptors (Lipinski definition) is 1. The third-order valence-electron chi connectivity index (χ3n) is 3.48. The van der Waals surface area contributed by atoms with Crippen molar-refractivity contribution in [2.45, 2.75) is 34.6 Å². The van der Waals surface area contributed by atoms with Crippen molar-refractivity contribution < 1.29 is 4.79 Å². The zero-order valence-corrected chi connectivity index (χ0v) is 9.27. The van der Waals surface area contributed by atoms with Crippen LogP contribution in [-0.4, -0.2) is 23.9 Å². The standard InChI is InChI=1S/C11H19NO/c1-6-12(7-2)10(13)11(5)8(3)9(11)4/h6-7H2,1-5H3. The third kappa shape index (κ3) is 1.28. The van der Waals surface area contributed by atoms with E-state index in [0.29, 0.717) is 0 Å². The maximum absolute atomic E-state index is 12.0. The summed E-state index contributed by atoms with van der Waals surface area (Å²) in [5.41, 5.74) is 2.28. The molecule has 74 valence electrons. The van der Waals surface area contributed by atoms with Gasteiger partial charge in [-0.15, -0.1) is 0 Å². The molecule has 0 unspecified atom stereocenters. The summed E-state index contributed by atoms with van der Waals surface area (Å²) in [6, 6.07) is 0. The van der Waals surface area contributed by atoms with Gasteiger partial charge in [0.2, 0.25) is 5.91 Å². The molecule has 0 saturated carbocycles. The maximum Gasteiger partial charge on any atom is 0.236 e. The van der Waals surface area contributed by atoms with E-state index in [0.717, 1.165) is 13.1 Å². The van der Waals surface area contributed by atoms with Crippen LogP contribution in [0.25, 0.3) is 0 Å². The minimum atomic E-state index is -0.230. The molecule has 0 aliphatic heterocycles. The Morgan fingerprint density at radius 3 is 1.85 bits per heavy atom. The van der Waals surface area contributed by atoms with Gasteiger partial charge < -0.3 is 4.90 Å². The van der Waals surface area contributed by atoms with Crippen LogP contribution in [0.1, 0.15) is 34.6 Å². The van der Waals surface area contributed by atoms with Crippen molar-refractivity contribution in [3.63, 3.8) is 0 Å². The molecular formula is C11H19NO. The Hall–Kier alpha value is -0.790. The van der Waals surface area contributed by atoms with E-state index >= 15 is 0 Å². The van der Waals surface area contributed by atoms with Crippen molar-refractivity contribution in [1.29, 1.82) is 0 Å². The highest BCUT2D eigenvalue weighted by Crippen LogP contribution is 2.52. The van der Waals surface area contributed by atoms with Crippen molar-refractivity contribution in [3.05, 3.63) is 11.1 Å². The maximum atomic E-state index is 12.0. The zero-order chi connectivity index (χ0) is 10.2. The second kappa shape index (κ2) is 3.17. The number of rotatable bonds is 3. The van der Waals surface area contributed by atoms with Gasteiger partial charge in [0.25, 0.3) is 0 Å². The molecule has 0 heterocycles. The Bertz CT molecular complexity index is 249. The Labute approximate surface area is 80.6 Å². The normalized spacial score (nSPS) is 18.8. The van der Waals surface area contributed by atoms with Crippen molar-refractivity contribution in [3.8, 4) is 0 Å². The van der Waals surface area contributed by atoms with Gasteiger partial charge in [0.15, 0.2) is 0 Å². The first-order valence-corrected chi connectivity index (χ1v) is 4.97. The number of amides is 1. The summed E-state index contributed by atoms with van der Waals surface area (Å²) in [6.45, 7) is 11.8. The first-order valence-electron chi connectivity index (χ1n) is 4.97. The Morgan fingerprint density at radius 2 is 1.62 bits per heavy atom. The van der Waals surface area contributed by atoms with Crippen molar-refractivity contribution in [2.24, 2.45) is 5.41 Å². The molecule has 1 amide bonds. The van der Waals surface area contributed by atoms with Crippen LogP contribution in [0.4, 0.5) is 0 Å². The predicted octanol–water partition coefficient (Wildman–Crippen LogP) is 2.21. The highest BCUT2D eigenvalue weighted by molar-refractivity contribution is 5.94. The fourth-order valence-electron chi connectivity index (χ4n) is 1.87. The molecule has 0 aromatic heterocycles. The van der Waals surface area contributed by atoms with Gasteiger partial charge in [0.1, 0.15) is 0 Å². The van der Waals surface area contributed by atoms with Crippen LogP contribution in [0.2, 0.25) is 0 Å². The lowest BCUT2D eigenvalue weighted by molar-refractivity contribution is -0.135. The average molecular weight is 181 g/mol. The lowest BCUT2D eigenvalue weighted by atomic mass is 9.99. The highest BCUT2D eigenvalue weighted by atomic mass is 16.2. The van der Waals surface area contributed by atoms with Crippen molar-refractivity contribution in [2.75, 3.05) is 13.1 Å². The fourth-order valence-corrected chi connectivity index (χ4v) is 1.87. The Kier molecular flexibility index (Phi) is 2.51. The van der Waals surface area contributed by atoms with Gasteiger partial charge in [0.05, 0.1) is 5.41 Å². The van der Waals surface area contributed by atoms with Crippen LogP contribution < -0.4 is 0 Å². The smallest absolute Gasteiger partial charge is 0.236 e. The third-order valence-corrected chi connectivity index (χ3v) is 3.48. The summed E-state index contributed by atoms with van der Waals surface area (Å²) in [4.78, 5) is 13.9. The van der Waals surface area contributed by atoms with E-state index in [1.54, 1.807) is 0 Å². The number of carbonyl (C=O) groups is 1. The van der Waals surface area contributed by atoms with Crippen LogP contribution >= 0.6 is 0 Å². The average Bonchev–Trinajstić information content (AvgIpc) is 2.60. The van der Waals surface area contributed by atoms with Crippen LogP contribution in [0, 0.1) is 5.41 Å². The van der Waals surface area contributed by atoms with E-state index in [4.69, 9.17) is 0 Å². The molecule has 0 aromatic carbocycles. The van der Waals surface area contributed by atoms with Gasteiger partial charge in [-0.05, 0) is 34.6 Å². The summed E-state index contributed by atoms with van der Waals surface area (Å²) < 4.78 is 0. The Morgan fingerprint density at radius 1 is 1.23 bits per heavy atom. The quantitative estimate of drug-likeness (QED) is 0.611. The highest BCUT2D eigenvalue weighted by Gasteiger charge is 2.51. The van der Waals surface area contributed by atoms with Crippen LogP contribution in [0.5, 0.6) is 0 Å². The van der Waals surface area contributed by atoms with Gasteiger partial charge >= 0.3 is 0 Å². The van der Waals surface area contributed by atoms with Crippen molar-refractivity contribution in [1.82, 2.24) is 4.90 Å². The number of carbonyl (C=O) groups excluding carboxylic acids is 1. The second-order valence-corrected chi connectivity index (χ2v) is 3.85. The molecule has 0 aromatic rings. The molecule has 1 aliphatic carbocycles. The van der Waals surface area contributed by atoms with Gasteiger partial charge in [-0.25, -0.2) is 0 Å². The van der Waals surface area contributed by atoms with Crippen LogP contribution in [0.15, 0.2) is 11.1 Å². The molecule has 0 atom stereocenters. The summed E-state index contributed by atoms with van der Waals surface area (Å²) >= 11 is 0. The van der Waals surface area contributed by atoms with E-state index in [1.807, 2.05) is 25.7 Å². The molecule has 2 nitrogen and oxygen atoms in total. The van der Waals surface area contributed by atoms with Crippen LogP contribution in [-0.2, 0) is 4.79 Å². The molecule has 0 radical (unpaired) electrons. The van der Waals surface area contributed by atoms with Gasteiger partial charge in [0, 0.05) is 13.1 Å². The monoisotopic (exact) mass is 181 g/mol. The first kappa shape index (κ1) is 10.3. The summed E-state index contributed by atoms with van der Waals surface area (Å²) in [6.07, 6.45) is 0. The zero-order valence-electron chi connectivity index (χ0n) is 9.27. The summed E-state index contributed by atoms with van der Waals surface area (Å²) in [5, 5.41) is 0. The van der Waals surface area contributed by atoms with E-state index < -0.39 is 0 Å². The molecule has 13 heavy (non-hydrogen) atoms. The van der Waals surface area contributed by atoms with Gasteiger partial charge in [-0.3, -0.25) is 4.79 Å². The fraction of sp³-hybridized carbons (Fsp3) is 0.727. The molecule has 0 N–H and O–H groups in total. The topological polar surface area (TPSA) is 20.3 Å². The molecule has 2 heteroatoms. The summed E-state index contributed by atoms with van der Waals surface area (Å²) in [5.74, 6) is 0.271. The number of hydrogen-bond donors (Lipinski definition) is 0. The van der Waals surface area contributed by atoms with Crippen molar-refractivity contribution >= 4 is 5.91 Å². The van der Waals surface area contributed by atoms with Gasteiger partial charge in [-0.2, -0.15) is 0 Å². The largest absolute Gasteiger partial charge is 0.342 e. The van der Waals surface area contributed by atoms with E-state index in [1.165, 1.54) is 11.1 Å². The first-order chi connectivity index (χ1) is 6.00.